The van der Waals surface area contributed by atoms with E-state index in [1.807, 2.05) is 62.5 Å². The van der Waals surface area contributed by atoms with Crippen molar-refractivity contribution < 1.29 is 9.53 Å². The van der Waals surface area contributed by atoms with Crippen LogP contribution in [0.4, 0.5) is 4.79 Å². The Balaban J connectivity index is 1.64. The normalized spacial score (nSPS) is 20.1. The number of nitrogens with zero attached hydrogens (tertiary/aromatic N) is 5. The van der Waals surface area contributed by atoms with E-state index in [9.17, 15) is 4.79 Å². The Morgan fingerprint density at radius 1 is 1.17 bits per heavy atom. The van der Waals surface area contributed by atoms with Crippen molar-refractivity contribution >= 4 is 6.09 Å². The van der Waals surface area contributed by atoms with Crippen molar-refractivity contribution in [1.29, 1.82) is 5.26 Å². The van der Waals surface area contributed by atoms with E-state index in [1.54, 1.807) is 0 Å². The SMILES string of the molecule is CC1CN(C(=O)OC(C)(C)C)C(C)CN1Cc1cncn1Cc1ccc(C#N)cc1. The van der Waals surface area contributed by atoms with Gasteiger partial charge < -0.3 is 14.2 Å². The predicted molar refractivity (Wildman–Crippen MR) is 115 cm³/mol. The first-order valence-corrected chi connectivity index (χ1v) is 10.4. The molecule has 160 valence electrons. The zero-order valence-electron chi connectivity index (χ0n) is 18.5. The van der Waals surface area contributed by atoms with Crippen LogP contribution in [0.1, 0.15) is 51.4 Å². The van der Waals surface area contributed by atoms with Crippen molar-refractivity contribution in [2.75, 3.05) is 13.1 Å². The molecule has 1 aliphatic heterocycles. The largest absolute Gasteiger partial charge is 0.444 e. The van der Waals surface area contributed by atoms with Gasteiger partial charge >= 0.3 is 6.09 Å². The van der Waals surface area contributed by atoms with Crippen molar-refractivity contribution in [3.05, 3.63) is 53.6 Å². The Morgan fingerprint density at radius 2 is 1.87 bits per heavy atom. The van der Waals surface area contributed by atoms with E-state index in [0.717, 1.165) is 24.3 Å². The van der Waals surface area contributed by atoms with Crippen LogP contribution >= 0.6 is 0 Å². The summed E-state index contributed by atoms with van der Waals surface area (Å²) in [5.74, 6) is 0. The highest BCUT2D eigenvalue weighted by Gasteiger charge is 2.34. The van der Waals surface area contributed by atoms with Crippen LogP contribution < -0.4 is 0 Å². The van der Waals surface area contributed by atoms with Crippen LogP contribution in [0.15, 0.2) is 36.8 Å². The van der Waals surface area contributed by atoms with Gasteiger partial charge in [0, 0.05) is 44.5 Å². The second-order valence-electron chi connectivity index (χ2n) is 9.08. The molecule has 1 aromatic heterocycles. The van der Waals surface area contributed by atoms with Crippen LogP contribution in [0, 0.1) is 11.3 Å². The van der Waals surface area contributed by atoms with Gasteiger partial charge in [-0.05, 0) is 52.3 Å². The first-order chi connectivity index (χ1) is 14.2. The van der Waals surface area contributed by atoms with E-state index in [2.05, 4.69) is 34.4 Å². The summed E-state index contributed by atoms with van der Waals surface area (Å²) in [4.78, 5) is 21.1. The number of piperazine rings is 1. The highest BCUT2D eigenvalue weighted by molar-refractivity contribution is 5.68. The summed E-state index contributed by atoms with van der Waals surface area (Å²) in [5, 5.41) is 8.96. The minimum atomic E-state index is -0.491. The fourth-order valence-electron chi connectivity index (χ4n) is 3.71. The van der Waals surface area contributed by atoms with Crippen molar-refractivity contribution in [3.63, 3.8) is 0 Å². The number of amides is 1. The lowest BCUT2D eigenvalue weighted by molar-refractivity contribution is -0.0121. The maximum Gasteiger partial charge on any atom is 0.410 e. The number of rotatable bonds is 4. The van der Waals surface area contributed by atoms with E-state index in [1.165, 1.54) is 0 Å². The molecule has 0 bridgehead atoms. The van der Waals surface area contributed by atoms with Crippen LogP contribution in [-0.4, -0.2) is 56.2 Å². The molecule has 1 amide bonds. The number of ether oxygens (including phenoxy) is 1. The summed E-state index contributed by atoms with van der Waals surface area (Å²) in [5.41, 5.74) is 2.43. The van der Waals surface area contributed by atoms with E-state index in [-0.39, 0.29) is 18.2 Å². The Kier molecular flexibility index (Phi) is 6.47. The molecule has 1 aromatic carbocycles. The second kappa shape index (κ2) is 8.88. The molecule has 1 saturated heterocycles. The van der Waals surface area contributed by atoms with Gasteiger partial charge in [-0.15, -0.1) is 0 Å². The molecule has 7 nitrogen and oxygen atoms in total. The lowest BCUT2D eigenvalue weighted by Crippen LogP contribution is -2.58. The smallest absolute Gasteiger partial charge is 0.410 e. The third-order valence-electron chi connectivity index (χ3n) is 5.34. The molecule has 2 aromatic rings. The van der Waals surface area contributed by atoms with Crippen molar-refractivity contribution in [2.45, 2.75) is 65.4 Å². The molecule has 0 aliphatic carbocycles. The minimum absolute atomic E-state index is 0.0750. The summed E-state index contributed by atoms with van der Waals surface area (Å²) in [6, 6.07) is 10.1. The predicted octanol–water partition coefficient (Wildman–Crippen LogP) is 3.63. The van der Waals surface area contributed by atoms with Gasteiger partial charge in [-0.25, -0.2) is 9.78 Å². The molecule has 0 spiro atoms. The summed E-state index contributed by atoms with van der Waals surface area (Å²) in [7, 11) is 0. The summed E-state index contributed by atoms with van der Waals surface area (Å²) in [6.45, 7) is 12.8. The highest BCUT2D eigenvalue weighted by atomic mass is 16.6. The Bertz CT molecular complexity index is 907. The molecule has 1 aliphatic rings. The molecular formula is C23H31N5O2. The lowest BCUT2D eigenvalue weighted by atomic mass is 10.1. The average Bonchev–Trinajstić information content (AvgIpc) is 3.10. The molecule has 1 fully saturated rings. The summed E-state index contributed by atoms with van der Waals surface area (Å²) < 4.78 is 7.71. The topological polar surface area (TPSA) is 74.4 Å². The number of nitriles is 1. The van der Waals surface area contributed by atoms with Crippen LogP contribution in [-0.2, 0) is 17.8 Å². The molecule has 2 unspecified atom stereocenters. The molecule has 3 rings (SSSR count). The van der Waals surface area contributed by atoms with Crippen LogP contribution in [0.2, 0.25) is 0 Å². The minimum Gasteiger partial charge on any atom is -0.444 e. The molecule has 7 heteroatoms. The number of imidazole rings is 1. The number of carbonyl (C=O) groups is 1. The zero-order valence-corrected chi connectivity index (χ0v) is 18.5. The van der Waals surface area contributed by atoms with E-state index in [4.69, 9.17) is 10.00 Å². The van der Waals surface area contributed by atoms with Crippen molar-refractivity contribution in [2.24, 2.45) is 0 Å². The van der Waals surface area contributed by atoms with Gasteiger partial charge in [0.15, 0.2) is 0 Å². The van der Waals surface area contributed by atoms with Gasteiger partial charge in [0.1, 0.15) is 5.60 Å². The average molecular weight is 410 g/mol. The number of hydrogen-bond acceptors (Lipinski definition) is 5. The Morgan fingerprint density at radius 3 is 2.50 bits per heavy atom. The highest BCUT2D eigenvalue weighted by Crippen LogP contribution is 2.21. The Labute approximate surface area is 178 Å². The monoisotopic (exact) mass is 409 g/mol. The lowest BCUT2D eigenvalue weighted by Gasteiger charge is -2.44. The molecule has 0 radical (unpaired) electrons. The number of benzene rings is 1. The number of hydrogen-bond donors (Lipinski definition) is 0. The first-order valence-electron chi connectivity index (χ1n) is 10.4. The third kappa shape index (κ3) is 5.39. The van der Waals surface area contributed by atoms with E-state index in [0.29, 0.717) is 18.7 Å². The molecule has 0 N–H and O–H groups in total. The van der Waals surface area contributed by atoms with E-state index >= 15 is 0 Å². The number of aromatic nitrogens is 2. The second-order valence-corrected chi connectivity index (χ2v) is 9.08. The van der Waals surface area contributed by atoms with Crippen molar-refractivity contribution in [3.8, 4) is 6.07 Å². The standard InChI is InChI=1S/C23H31N5O2/c1-17-13-28(22(29)30-23(3,4)5)18(2)12-26(17)15-21-11-25-16-27(21)14-20-8-6-19(10-24)7-9-20/h6-9,11,16-18H,12-15H2,1-5H3. The fourth-order valence-corrected chi connectivity index (χ4v) is 3.71. The summed E-state index contributed by atoms with van der Waals surface area (Å²) in [6.07, 6.45) is 3.51. The molecule has 2 atom stereocenters. The molecule has 30 heavy (non-hydrogen) atoms. The van der Waals surface area contributed by atoms with Crippen molar-refractivity contribution in [1.82, 2.24) is 19.4 Å². The van der Waals surface area contributed by atoms with Crippen LogP contribution in [0.3, 0.4) is 0 Å². The van der Waals surface area contributed by atoms with Crippen LogP contribution in [0.5, 0.6) is 0 Å². The van der Waals surface area contributed by atoms with Gasteiger partial charge in [0.05, 0.1) is 23.7 Å². The number of carbonyl (C=O) groups excluding carboxylic acids is 1. The maximum atomic E-state index is 12.5. The van der Waals surface area contributed by atoms with Gasteiger partial charge in [-0.2, -0.15) is 5.26 Å². The van der Waals surface area contributed by atoms with Gasteiger partial charge in [-0.1, -0.05) is 12.1 Å². The Hall–Kier alpha value is -2.85. The molecule has 0 saturated carbocycles. The van der Waals surface area contributed by atoms with Gasteiger partial charge in [0.25, 0.3) is 0 Å². The fraction of sp³-hybridized carbons (Fsp3) is 0.522. The van der Waals surface area contributed by atoms with Gasteiger partial charge in [-0.3, -0.25) is 4.90 Å². The first kappa shape index (κ1) is 21.8. The third-order valence-corrected chi connectivity index (χ3v) is 5.34. The maximum absolute atomic E-state index is 12.5. The summed E-state index contributed by atoms with van der Waals surface area (Å²) >= 11 is 0. The van der Waals surface area contributed by atoms with Gasteiger partial charge in [0.2, 0.25) is 0 Å². The molecular weight excluding hydrogens is 378 g/mol. The van der Waals surface area contributed by atoms with E-state index < -0.39 is 5.60 Å². The quantitative estimate of drug-likeness (QED) is 0.771. The molecule has 2 heterocycles. The van der Waals surface area contributed by atoms with Crippen LogP contribution in [0.25, 0.3) is 0 Å². The zero-order chi connectivity index (χ0) is 21.9.